The van der Waals surface area contributed by atoms with Gasteiger partial charge in [0.25, 0.3) is 23.6 Å². The Kier molecular flexibility index (Phi) is 29.7. The van der Waals surface area contributed by atoms with E-state index < -0.39 is 83.9 Å². The second kappa shape index (κ2) is 37.4. The van der Waals surface area contributed by atoms with Gasteiger partial charge in [0.2, 0.25) is 23.6 Å². The number of carboxylic acids is 1. The van der Waals surface area contributed by atoms with Gasteiger partial charge in [-0.2, -0.15) is 0 Å². The monoisotopic (exact) mass is 1300 g/mol. The summed E-state index contributed by atoms with van der Waals surface area (Å²) in [6.07, 6.45) is 1.12. The third-order valence-corrected chi connectivity index (χ3v) is 13.4. The summed E-state index contributed by atoms with van der Waals surface area (Å²) >= 11 is 0. The Bertz CT molecular complexity index is 3390. The lowest BCUT2D eigenvalue weighted by Gasteiger charge is -2.22. The fourth-order valence-electron chi connectivity index (χ4n) is 8.81. The van der Waals surface area contributed by atoms with Gasteiger partial charge in [0.05, 0.1) is 56.7 Å². The zero-order chi connectivity index (χ0) is 68.7. The van der Waals surface area contributed by atoms with E-state index in [4.69, 9.17) is 74.4 Å². The highest BCUT2D eigenvalue weighted by Crippen LogP contribution is 2.28. The molecule has 4 aromatic rings. The molecule has 0 aliphatic carbocycles. The first-order chi connectivity index (χ1) is 44.3. The number of hydrogen-bond acceptors (Lipinski definition) is 18. The smallest absolute Gasteiger partial charge is 0.322 e. The van der Waals surface area contributed by atoms with Gasteiger partial charge in [-0.15, -0.1) is 0 Å². The van der Waals surface area contributed by atoms with Gasteiger partial charge in [0.15, 0.2) is 23.8 Å². The van der Waals surface area contributed by atoms with Gasteiger partial charge in [0, 0.05) is 48.9 Å². The molecule has 0 saturated carbocycles. The largest absolute Gasteiger partial charge is 0.496 e. The van der Waals surface area contributed by atoms with E-state index in [0.29, 0.717) is 13.0 Å². The number of guanidine groups is 4. The van der Waals surface area contributed by atoms with Crippen molar-refractivity contribution in [2.75, 3.05) is 82.4 Å². The maximum Gasteiger partial charge on any atom is 0.322 e. The summed E-state index contributed by atoms with van der Waals surface area (Å²) in [6, 6.07) is 11.5. The number of carbonyl (C=O) groups excluding carboxylic acids is 8. The molecule has 27 N–H and O–H groups in total. The Morgan fingerprint density at radius 2 is 0.656 bits per heavy atom. The number of carboxylic acid groups (broad SMARTS) is 1. The maximum absolute atomic E-state index is 14.4. The van der Waals surface area contributed by atoms with Crippen LogP contribution in [0.1, 0.15) is 92.8 Å². The Morgan fingerprint density at radius 1 is 0.398 bits per heavy atom. The van der Waals surface area contributed by atoms with E-state index in [1.165, 1.54) is 101 Å². The summed E-state index contributed by atoms with van der Waals surface area (Å²) in [6.45, 7) is -0.0232. The van der Waals surface area contributed by atoms with E-state index in [1.54, 1.807) is 0 Å². The lowest BCUT2D eigenvalue weighted by Crippen LogP contribution is -2.45. The normalized spacial score (nSPS) is 11.8. The molecule has 0 unspecified atom stereocenters. The highest BCUT2D eigenvalue weighted by molar-refractivity contribution is 6.08. The van der Waals surface area contributed by atoms with Gasteiger partial charge >= 0.3 is 5.97 Å². The van der Waals surface area contributed by atoms with Crippen molar-refractivity contribution in [1.82, 2.24) is 42.5 Å². The molecular formula is C58H81N21O14. The van der Waals surface area contributed by atoms with Crippen molar-refractivity contribution in [2.45, 2.75) is 75.5 Å². The fraction of sp³-hybridized carbons (Fsp3) is 0.362. The van der Waals surface area contributed by atoms with E-state index in [9.17, 15) is 43.2 Å². The predicted octanol–water partition coefficient (Wildman–Crippen LogP) is -0.934. The van der Waals surface area contributed by atoms with Crippen LogP contribution in [0.3, 0.4) is 0 Å². The SMILES string of the molecule is COc1ccc(NC(=O)[C@H](CCCNC(=N)N)NC(=O)c2cc(NC(=O)[C@H](CCCNC(=N)N)NC(=O)c3cc(NC(=O)[C@H](CCCNC(=N)N)NC(=O)c4cc(NC(=O)[C@@H](N)CCCNC(=N)N)ccc4OC)ccc3OC)ccc2OC)cc1C(=O)NCC(=O)O. The van der Waals surface area contributed by atoms with Gasteiger partial charge in [0.1, 0.15) is 47.7 Å². The molecule has 0 aliphatic heterocycles. The number of amides is 8. The number of carbonyl (C=O) groups is 9. The minimum Gasteiger partial charge on any atom is -0.496 e. The van der Waals surface area contributed by atoms with E-state index >= 15 is 0 Å². The number of anilines is 4. The first-order valence-electron chi connectivity index (χ1n) is 28.7. The fourth-order valence-corrected chi connectivity index (χ4v) is 8.81. The van der Waals surface area contributed by atoms with Crippen LogP contribution in [0.15, 0.2) is 72.8 Å². The van der Waals surface area contributed by atoms with Crippen molar-refractivity contribution in [3.8, 4) is 23.0 Å². The summed E-state index contributed by atoms with van der Waals surface area (Å²) in [5.74, 6) is -8.57. The molecule has 0 radical (unpaired) electrons. The molecular weight excluding hydrogens is 1210 g/mol. The molecule has 0 aromatic heterocycles. The molecule has 0 spiro atoms. The number of nitrogens with two attached hydrogens (primary N) is 5. The van der Waals surface area contributed by atoms with Crippen molar-refractivity contribution >= 4 is 99.8 Å². The minimum atomic E-state index is -1.35. The average Bonchev–Trinajstić information content (AvgIpc) is 1.08. The molecule has 35 heteroatoms. The van der Waals surface area contributed by atoms with Crippen molar-refractivity contribution < 1.29 is 67.2 Å². The third kappa shape index (κ3) is 24.7. The van der Waals surface area contributed by atoms with Crippen LogP contribution in [0.4, 0.5) is 22.7 Å². The highest BCUT2D eigenvalue weighted by Gasteiger charge is 2.29. The molecule has 8 amide bonds. The molecule has 0 fully saturated rings. The molecule has 502 valence electrons. The van der Waals surface area contributed by atoms with Gasteiger partial charge in [-0.3, -0.25) is 64.8 Å². The van der Waals surface area contributed by atoms with Crippen LogP contribution < -0.4 is 111 Å². The highest BCUT2D eigenvalue weighted by atomic mass is 16.5. The molecule has 4 rings (SSSR count). The number of rotatable bonds is 37. The van der Waals surface area contributed by atoms with Crippen LogP contribution in [0, 0.1) is 21.6 Å². The van der Waals surface area contributed by atoms with E-state index in [0.717, 1.165) is 0 Å². The van der Waals surface area contributed by atoms with E-state index in [1.807, 2.05) is 0 Å². The molecule has 0 bridgehead atoms. The number of nitrogens with one attached hydrogen (secondary N) is 16. The Labute approximate surface area is 534 Å². The molecule has 93 heavy (non-hydrogen) atoms. The predicted molar refractivity (Wildman–Crippen MR) is 345 cm³/mol. The van der Waals surface area contributed by atoms with Crippen LogP contribution >= 0.6 is 0 Å². The lowest BCUT2D eigenvalue weighted by molar-refractivity contribution is -0.135. The summed E-state index contributed by atoms with van der Waals surface area (Å²) in [5, 5.41) is 70.6. The molecule has 0 heterocycles. The zero-order valence-corrected chi connectivity index (χ0v) is 51.6. The van der Waals surface area contributed by atoms with Crippen LogP contribution in [-0.4, -0.2) is 168 Å². The molecule has 0 aliphatic rings. The van der Waals surface area contributed by atoms with Gasteiger partial charge < -0.3 is 117 Å². The van der Waals surface area contributed by atoms with Crippen molar-refractivity contribution in [2.24, 2.45) is 28.7 Å². The maximum atomic E-state index is 14.4. The van der Waals surface area contributed by atoms with Gasteiger partial charge in [-0.1, -0.05) is 0 Å². The van der Waals surface area contributed by atoms with Crippen molar-refractivity contribution in [3.05, 3.63) is 95.1 Å². The first-order valence-corrected chi connectivity index (χ1v) is 28.7. The number of methoxy groups -OCH3 is 4. The molecule has 0 saturated heterocycles. The van der Waals surface area contributed by atoms with Gasteiger partial charge in [-0.25, -0.2) is 0 Å². The van der Waals surface area contributed by atoms with Crippen LogP contribution in [0.5, 0.6) is 23.0 Å². The second-order valence-electron chi connectivity index (χ2n) is 20.3. The Morgan fingerprint density at radius 3 is 0.914 bits per heavy atom. The van der Waals surface area contributed by atoms with Crippen molar-refractivity contribution in [1.29, 1.82) is 21.6 Å². The van der Waals surface area contributed by atoms with Crippen LogP contribution in [0.25, 0.3) is 0 Å². The Hall–Kier alpha value is -11.7. The van der Waals surface area contributed by atoms with Crippen LogP contribution in [0.2, 0.25) is 0 Å². The zero-order valence-electron chi connectivity index (χ0n) is 51.6. The summed E-state index contributed by atoms with van der Waals surface area (Å²) < 4.78 is 21.7. The molecule has 4 aromatic carbocycles. The minimum absolute atomic E-state index is 0.00937. The van der Waals surface area contributed by atoms with Crippen molar-refractivity contribution in [3.63, 3.8) is 0 Å². The second-order valence-corrected chi connectivity index (χ2v) is 20.3. The molecule has 35 nitrogen and oxygen atoms in total. The average molecular weight is 1300 g/mol. The number of ether oxygens (including phenoxy) is 4. The number of hydrogen-bond donors (Lipinski definition) is 22. The number of aliphatic carboxylic acids is 1. The summed E-state index contributed by atoms with van der Waals surface area (Å²) in [5.41, 5.74) is 27.7. The quantitative estimate of drug-likeness (QED) is 0.0147. The topological polar surface area (TPSA) is 581 Å². The van der Waals surface area contributed by atoms with E-state index in [-0.39, 0.29) is 156 Å². The molecule has 4 atom stereocenters. The standard InChI is InChI=1S/C58H81N21O14/c1-90-42-17-14-31(25-34(42)47(82)72-29-46(80)81)74-52(87)39(10-6-22-69-56(62)63)78-49(84)36-27-33(16-19-44(36)92-3)76-54(89)41(12-8-24-71-58(66)67)79-50(85)37-28-32(15-20-45(37)93-4)75-53(88)40(11-7-23-70-57(64)65)77-48(83)35-26-30(13-18-43(35)91-2)73-51(86)38(59)9-5-21-68-55(60)61/h13-20,25-28,38-41H,5-12,21-24,29,59H2,1-4H3,(H,72,82)(H,73,86)(H,74,87)(H,75,88)(H,76,89)(H,77,83)(H,78,84)(H,79,85)(H,80,81)(H4,60,61,68)(H4,62,63,69)(H4,64,65,70)(H4,66,67,71)/t38-,39-,40-,41-/m0/s1. The first kappa shape index (κ1) is 73.8. The number of benzene rings is 4. The van der Waals surface area contributed by atoms with Gasteiger partial charge in [-0.05, 0) is 124 Å². The Balaban J connectivity index is 1.60. The third-order valence-electron chi connectivity index (χ3n) is 13.4. The van der Waals surface area contributed by atoms with Crippen LogP contribution in [-0.2, 0) is 24.0 Å². The summed E-state index contributed by atoms with van der Waals surface area (Å²) in [7, 11) is 5.17. The summed E-state index contributed by atoms with van der Waals surface area (Å²) in [4.78, 5) is 122. The lowest BCUT2D eigenvalue weighted by atomic mass is 10.1. The van der Waals surface area contributed by atoms with E-state index in [2.05, 4.69) is 63.8 Å².